The molecule has 0 bridgehead atoms. The molecule has 0 saturated heterocycles. The second-order valence-electron chi connectivity index (χ2n) is 22.8. The zero-order valence-electron chi connectivity index (χ0n) is 48.9. The van der Waals surface area contributed by atoms with Crippen LogP contribution < -0.4 is 9.80 Å². The summed E-state index contributed by atoms with van der Waals surface area (Å²) < 4.78 is 2.45. The van der Waals surface area contributed by atoms with Crippen LogP contribution in [0.5, 0.6) is 0 Å². The van der Waals surface area contributed by atoms with E-state index in [1.807, 2.05) is 0 Å². The van der Waals surface area contributed by atoms with E-state index in [0.717, 1.165) is 73.1 Å². The van der Waals surface area contributed by atoms with Crippen molar-refractivity contribution in [1.82, 2.24) is 4.57 Å². The molecular formula is C86H59N3. The van der Waals surface area contributed by atoms with Gasteiger partial charge in [-0.2, -0.15) is 0 Å². The summed E-state index contributed by atoms with van der Waals surface area (Å²) in [7, 11) is 0. The van der Waals surface area contributed by atoms with Gasteiger partial charge < -0.3 is 14.4 Å². The maximum absolute atomic E-state index is 2.45. The van der Waals surface area contributed by atoms with Crippen LogP contribution in [0.25, 0.3) is 116 Å². The van der Waals surface area contributed by atoms with Crippen LogP contribution >= 0.6 is 0 Å². The Labute approximate surface area is 519 Å². The van der Waals surface area contributed by atoms with Crippen LogP contribution in [0.2, 0.25) is 0 Å². The predicted molar refractivity (Wildman–Crippen MR) is 378 cm³/mol. The third-order valence-corrected chi connectivity index (χ3v) is 17.5. The van der Waals surface area contributed by atoms with Crippen molar-refractivity contribution in [2.45, 2.75) is 0 Å². The van der Waals surface area contributed by atoms with Gasteiger partial charge in [0.05, 0.1) is 11.0 Å². The molecule has 0 aliphatic heterocycles. The fourth-order valence-electron chi connectivity index (χ4n) is 13.4. The van der Waals surface area contributed by atoms with E-state index in [-0.39, 0.29) is 0 Å². The van der Waals surface area contributed by atoms with E-state index >= 15 is 0 Å². The summed E-state index contributed by atoms with van der Waals surface area (Å²) in [6.07, 6.45) is 0. The Morgan fingerprint density at radius 2 is 0.438 bits per heavy atom. The van der Waals surface area contributed by atoms with E-state index in [1.54, 1.807) is 0 Å². The summed E-state index contributed by atoms with van der Waals surface area (Å²) in [6.45, 7) is 0. The van der Waals surface area contributed by atoms with Gasteiger partial charge in [0, 0.05) is 50.6 Å². The van der Waals surface area contributed by atoms with Crippen molar-refractivity contribution < 1.29 is 0 Å². The molecular weight excluding hydrogens is 1070 g/mol. The van der Waals surface area contributed by atoms with Gasteiger partial charge in [-0.1, -0.05) is 249 Å². The third kappa shape index (κ3) is 9.87. The SMILES string of the molecule is c1ccc(-c2cccc(N(c3ccccc3)c3ccc(-c4ccc5c(c4)c4cc(-c6ccc(N(c7ccccc7)c7cccc(-c8ccccc8)c7)cc6)ccc4n5-c4ccc(-c5c6ccccc6c(-c6ccccc6)c6ccccc56)cc4)cc3)c2)cc1. The van der Waals surface area contributed by atoms with Crippen LogP contribution in [0.1, 0.15) is 0 Å². The van der Waals surface area contributed by atoms with Gasteiger partial charge in [-0.25, -0.2) is 0 Å². The predicted octanol–water partition coefficient (Wildman–Crippen LogP) is 24.0. The highest BCUT2D eigenvalue weighted by molar-refractivity contribution is 6.21. The summed E-state index contributed by atoms with van der Waals surface area (Å²) in [4.78, 5) is 4.69. The molecule has 3 heteroatoms. The molecule has 0 unspecified atom stereocenters. The van der Waals surface area contributed by atoms with E-state index in [9.17, 15) is 0 Å². The highest BCUT2D eigenvalue weighted by Gasteiger charge is 2.21. The minimum absolute atomic E-state index is 1.09. The Balaban J connectivity index is 0.809. The monoisotopic (exact) mass is 1130 g/mol. The molecule has 3 nitrogen and oxygen atoms in total. The second-order valence-corrected chi connectivity index (χ2v) is 22.8. The lowest BCUT2D eigenvalue weighted by Gasteiger charge is -2.26. The summed E-state index contributed by atoms with van der Waals surface area (Å²) in [5.74, 6) is 0. The highest BCUT2D eigenvalue weighted by atomic mass is 15.1. The number of anilines is 6. The van der Waals surface area contributed by atoms with Crippen molar-refractivity contribution in [3.63, 3.8) is 0 Å². The molecule has 16 rings (SSSR count). The lowest BCUT2D eigenvalue weighted by atomic mass is 9.86. The summed E-state index contributed by atoms with van der Waals surface area (Å²) >= 11 is 0. The number of rotatable bonds is 13. The molecule has 89 heavy (non-hydrogen) atoms. The lowest BCUT2D eigenvalue weighted by Crippen LogP contribution is -2.09. The Bertz CT molecular complexity index is 4910. The normalized spacial score (nSPS) is 11.4. The molecule has 0 spiro atoms. The molecule has 0 radical (unpaired) electrons. The van der Waals surface area contributed by atoms with Crippen LogP contribution in [0, 0.1) is 0 Å². The number of nitrogens with zero attached hydrogens (tertiary/aromatic N) is 3. The average Bonchev–Trinajstić information content (AvgIpc) is 1.88. The zero-order chi connectivity index (χ0) is 59.0. The van der Waals surface area contributed by atoms with Gasteiger partial charge in [-0.3, -0.25) is 0 Å². The van der Waals surface area contributed by atoms with E-state index in [2.05, 4.69) is 372 Å². The molecule has 0 amide bonds. The van der Waals surface area contributed by atoms with Crippen molar-refractivity contribution in [2.75, 3.05) is 9.80 Å². The number of benzene rings is 15. The van der Waals surface area contributed by atoms with Gasteiger partial charge in [0.25, 0.3) is 0 Å². The maximum Gasteiger partial charge on any atom is 0.0541 e. The molecule has 0 fully saturated rings. The zero-order valence-corrected chi connectivity index (χ0v) is 48.9. The summed E-state index contributed by atoms with van der Waals surface area (Å²) in [5, 5.41) is 7.36. The number of fused-ring (bicyclic) bond motifs is 5. The largest absolute Gasteiger partial charge is 0.310 e. The van der Waals surface area contributed by atoms with Crippen molar-refractivity contribution in [1.29, 1.82) is 0 Å². The number of hydrogen-bond donors (Lipinski definition) is 0. The first-order valence-corrected chi connectivity index (χ1v) is 30.6. The minimum Gasteiger partial charge on any atom is -0.310 e. The second kappa shape index (κ2) is 22.9. The van der Waals surface area contributed by atoms with Crippen LogP contribution in [0.3, 0.4) is 0 Å². The highest BCUT2D eigenvalue weighted by Crippen LogP contribution is 2.46. The van der Waals surface area contributed by atoms with E-state index in [1.165, 1.54) is 76.8 Å². The van der Waals surface area contributed by atoms with Gasteiger partial charge in [0.15, 0.2) is 0 Å². The van der Waals surface area contributed by atoms with E-state index < -0.39 is 0 Å². The Morgan fingerprint density at radius 3 is 0.831 bits per heavy atom. The van der Waals surface area contributed by atoms with Crippen LogP contribution in [-0.4, -0.2) is 4.57 Å². The fraction of sp³-hybridized carbons (Fsp3) is 0. The van der Waals surface area contributed by atoms with Gasteiger partial charge in [0.2, 0.25) is 0 Å². The molecule has 15 aromatic carbocycles. The van der Waals surface area contributed by atoms with Crippen LogP contribution in [-0.2, 0) is 0 Å². The van der Waals surface area contributed by atoms with Gasteiger partial charge >= 0.3 is 0 Å². The quantitative estimate of drug-likeness (QED) is 0.107. The molecule has 0 saturated carbocycles. The van der Waals surface area contributed by atoms with Gasteiger partial charge in [-0.05, 0) is 198 Å². The molecule has 1 heterocycles. The Kier molecular flexibility index (Phi) is 13.6. The number of hydrogen-bond acceptors (Lipinski definition) is 2. The van der Waals surface area contributed by atoms with Gasteiger partial charge in [0.1, 0.15) is 0 Å². The van der Waals surface area contributed by atoms with Crippen LogP contribution in [0.15, 0.2) is 358 Å². The smallest absolute Gasteiger partial charge is 0.0541 e. The van der Waals surface area contributed by atoms with Crippen molar-refractivity contribution in [3.8, 4) is 72.4 Å². The number of para-hydroxylation sites is 2. The topological polar surface area (TPSA) is 11.4 Å². The first kappa shape index (κ1) is 52.7. The van der Waals surface area contributed by atoms with Crippen LogP contribution in [0.4, 0.5) is 34.1 Å². The first-order valence-electron chi connectivity index (χ1n) is 30.6. The molecule has 0 aliphatic rings. The van der Waals surface area contributed by atoms with Gasteiger partial charge in [-0.15, -0.1) is 0 Å². The first-order chi connectivity index (χ1) is 44.1. The summed E-state index contributed by atoms with van der Waals surface area (Å²) in [6, 6.07) is 130. The third-order valence-electron chi connectivity index (χ3n) is 17.5. The fourth-order valence-corrected chi connectivity index (χ4v) is 13.4. The molecule has 0 N–H and O–H groups in total. The van der Waals surface area contributed by atoms with Crippen molar-refractivity contribution in [2.24, 2.45) is 0 Å². The molecule has 16 aromatic rings. The number of aromatic nitrogens is 1. The minimum atomic E-state index is 1.09. The van der Waals surface area contributed by atoms with Crippen molar-refractivity contribution >= 4 is 77.5 Å². The standard InChI is InChI=1S/C86H59N3/c1-6-22-60(23-7-1)66-28-20-34-75(56-66)87(70-30-12-4-13-31-70)72-48-40-62(41-49-72)68-46-54-83-81(58-68)82-59-69(63-42-50-73(51-43-63)88(71-32-14-5-15-33-71)76-35-21-29-67(57-76)61-24-8-2-9-25-61)47-55-84(82)89(83)74-52-44-65(45-53-74)86-79-38-18-16-36-77(79)85(64-26-10-3-11-27-64)78-37-17-19-39-80(78)86/h1-59H. The Morgan fingerprint density at radius 1 is 0.169 bits per heavy atom. The molecule has 0 aliphatic carbocycles. The van der Waals surface area contributed by atoms with E-state index in [0.29, 0.717) is 0 Å². The maximum atomic E-state index is 2.45. The summed E-state index contributed by atoms with van der Waals surface area (Å²) in [5.41, 5.74) is 24.2. The molecule has 0 atom stereocenters. The Hall–Kier alpha value is -11.8. The van der Waals surface area contributed by atoms with Crippen molar-refractivity contribution in [3.05, 3.63) is 358 Å². The van der Waals surface area contributed by atoms with E-state index in [4.69, 9.17) is 0 Å². The molecule has 418 valence electrons. The molecule has 1 aromatic heterocycles. The average molecular weight is 1130 g/mol. The lowest BCUT2D eigenvalue weighted by molar-refractivity contribution is 1.18.